The van der Waals surface area contributed by atoms with Gasteiger partial charge in [-0.15, -0.1) is 11.3 Å². The molecule has 0 fully saturated rings. The van der Waals surface area contributed by atoms with E-state index >= 15 is 0 Å². The van der Waals surface area contributed by atoms with Crippen LogP contribution in [0, 0.1) is 13.8 Å². The van der Waals surface area contributed by atoms with Crippen molar-refractivity contribution < 1.29 is 14.6 Å². The van der Waals surface area contributed by atoms with Gasteiger partial charge in [-0.1, -0.05) is 68.4 Å². The zero-order chi connectivity index (χ0) is 27.1. The van der Waals surface area contributed by atoms with Gasteiger partial charge in [0.05, 0.1) is 9.17 Å². The average Bonchev–Trinajstić information content (AvgIpc) is 3.19. The highest BCUT2D eigenvalue weighted by Crippen LogP contribution is 2.49. The third-order valence-corrected chi connectivity index (χ3v) is 9.95. The van der Waals surface area contributed by atoms with Gasteiger partial charge in [0.15, 0.2) is 6.10 Å². The van der Waals surface area contributed by atoms with E-state index in [0.29, 0.717) is 5.75 Å². The molecule has 1 aromatic heterocycles. The zero-order valence-electron chi connectivity index (χ0n) is 21.6. The van der Waals surface area contributed by atoms with Crippen LogP contribution in [0.4, 0.5) is 0 Å². The molecule has 0 saturated heterocycles. The van der Waals surface area contributed by atoms with E-state index < -0.39 is 12.1 Å². The van der Waals surface area contributed by atoms with Crippen LogP contribution in [0.1, 0.15) is 41.3 Å². The number of rotatable bonds is 7. The second-order valence-corrected chi connectivity index (χ2v) is 12.8. The lowest BCUT2D eigenvalue weighted by Gasteiger charge is -2.22. The summed E-state index contributed by atoms with van der Waals surface area (Å²) in [5, 5.41) is 13.6. The van der Waals surface area contributed by atoms with E-state index in [1.165, 1.54) is 36.9 Å². The lowest BCUT2D eigenvalue weighted by Crippen LogP contribution is -2.30. The molecule has 0 spiro atoms. The van der Waals surface area contributed by atoms with E-state index in [4.69, 9.17) is 4.74 Å². The predicted molar refractivity (Wildman–Crippen MR) is 166 cm³/mol. The Bertz CT molecular complexity index is 1670. The van der Waals surface area contributed by atoms with Gasteiger partial charge in [-0.05, 0) is 102 Å². The summed E-state index contributed by atoms with van der Waals surface area (Å²) in [4.78, 5) is 13.5. The van der Waals surface area contributed by atoms with Gasteiger partial charge in [-0.25, -0.2) is 4.79 Å². The number of aryl methyl sites for hydroxylation is 2. The van der Waals surface area contributed by atoms with Crippen molar-refractivity contribution in [3.8, 4) is 16.9 Å². The van der Waals surface area contributed by atoms with Crippen LogP contribution >= 0.6 is 43.2 Å². The topological polar surface area (TPSA) is 46.5 Å². The third-order valence-electron chi connectivity index (χ3n) is 7.05. The van der Waals surface area contributed by atoms with Gasteiger partial charge in [0.25, 0.3) is 0 Å². The fraction of sp³-hybridized carbons (Fsp3) is 0.219. The zero-order valence-corrected chi connectivity index (χ0v) is 25.6. The molecule has 0 amide bonds. The summed E-state index contributed by atoms with van der Waals surface area (Å²) in [6, 6.07) is 22.3. The Morgan fingerprint density at radius 2 is 1.63 bits per heavy atom. The van der Waals surface area contributed by atoms with Crippen LogP contribution in [0.3, 0.4) is 0 Å². The molecule has 6 heteroatoms. The molecule has 0 radical (unpaired) electrons. The molecule has 0 unspecified atom stereocenters. The van der Waals surface area contributed by atoms with Gasteiger partial charge in [0, 0.05) is 21.2 Å². The van der Waals surface area contributed by atoms with Crippen molar-refractivity contribution in [3.05, 3.63) is 97.2 Å². The number of hydrogen-bond donors (Lipinski definition) is 1. The number of carboxylic acid groups (broad SMARTS) is 1. The van der Waals surface area contributed by atoms with E-state index in [1.807, 2.05) is 41.7 Å². The maximum Gasteiger partial charge on any atom is 0.345 e. The van der Waals surface area contributed by atoms with E-state index in [1.54, 1.807) is 0 Å². The first-order valence-electron chi connectivity index (χ1n) is 12.5. The van der Waals surface area contributed by atoms with E-state index in [0.717, 1.165) is 25.6 Å². The molecular weight excluding hydrogens is 624 g/mol. The summed E-state index contributed by atoms with van der Waals surface area (Å²) in [6.45, 7) is 8.59. The summed E-state index contributed by atoms with van der Waals surface area (Å²) in [5.74, 6) is -0.276. The molecule has 5 aromatic rings. The van der Waals surface area contributed by atoms with Crippen molar-refractivity contribution in [1.29, 1.82) is 0 Å². The molecule has 0 saturated carbocycles. The van der Waals surface area contributed by atoms with Crippen LogP contribution in [0.15, 0.2) is 75.7 Å². The predicted octanol–water partition coefficient (Wildman–Crippen LogP) is 10.1. The molecule has 1 atom stereocenters. The van der Waals surface area contributed by atoms with Crippen molar-refractivity contribution in [3.63, 3.8) is 0 Å². The minimum atomic E-state index is -1.00. The highest BCUT2D eigenvalue weighted by molar-refractivity contribution is 9.11. The second kappa shape index (κ2) is 10.8. The molecular formula is C32H28Br2O3S. The number of aliphatic carboxylic acids is 1. The van der Waals surface area contributed by atoms with E-state index in [-0.39, 0.29) is 12.3 Å². The lowest BCUT2D eigenvalue weighted by atomic mass is 9.90. The Labute approximate surface area is 243 Å². The summed E-state index contributed by atoms with van der Waals surface area (Å²) >= 11 is 9.47. The molecule has 0 aliphatic carbocycles. The van der Waals surface area contributed by atoms with Crippen LogP contribution in [-0.4, -0.2) is 17.2 Å². The standard InChI is InChI=1S/C32H28Br2O3S/c1-17(2)24-15-21(16-25(33)30(24)37-26(32(35)36)14-20-10-6-5-7-11-20)28-22-12-8-9-13-23(22)29(34)31-27(28)18(3)19(4)38-31/h5-13,15-17,26H,14H2,1-4H3,(H,35,36)/t26-/m1/s1. The first kappa shape index (κ1) is 26.9. The van der Waals surface area contributed by atoms with Crippen LogP contribution in [0.25, 0.3) is 32.0 Å². The summed E-state index contributed by atoms with van der Waals surface area (Å²) in [7, 11) is 0. The Hall–Kier alpha value is -2.67. The van der Waals surface area contributed by atoms with Crippen LogP contribution in [0.5, 0.6) is 5.75 Å². The van der Waals surface area contributed by atoms with Crippen molar-refractivity contribution >= 4 is 70.0 Å². The Morgan fingerprint density at radius 3 is 2.29 bits per heavy atom. The average molecular weight is 652 g/mol. The molecule has 1 N–H and O–H groups in total. The van der Waals surface area contributed by atoms with Crippen LogP contribution in [0.2, 0.25) is 0 Å². The number of carboxylic acids is 1. The fourth-order valence-electron chi connectivity index (χ4n) is 4.99. The lowest BCUT2D eigenvalue weighted by molar-refractivity contribution is -0.145. The number of carbonyl (C=O) groups is 1. The van der Waals surface area contributed by atoms with Gasteiger partial charge in [-0.3, -0.25) is 0 Å². The maximum absolute atomic E-state index is 12.2. The molecule has 0 bridgehead atoms. The maximum atomic E-state index is 12.2. The van der Waals surface area contributed by atoms with Crippen LogP contribution < -0.4 is 4.74 Å². The Balaban J connectivity index is 1.70. The molecule has 0 aliphatic heterocycles. The minimum Gasteiger partial charge on any atom is -0.478 e. The highest BCUT2D eigenvalue weighted by atomic mass is 79.9. The van der Waals surface area contributed by atoms with Crippen molar-refractivity contribution in [2.45, 2.75) is 46.1 Å². The third kappa shape index (κ3) is 4.90. The Kier molecular flexibility index (Phi) is 7.67. The quantitative estimate of drug-likeness (QED) is 0.190. The molecule has 38 heavy (non-hydrogen) atoms. The van der Waals surface area contributed by atoms with Gasteiger partial charge >= 0.3 is 5.97 Å². The molecule has 3 nitrogen and oxygen atoms in total. The van der Waals surface area contributed by atoms with Gasteiger partial charge < -0.3 is 9.84 Å². The number of hydrogen-bond acceptors (Lipinski definition) is 3. The smallest absolute Gasteiger partial charge is 0.345 e. The minimum absolute atomic E-state index is 0.120. The number of halogens is 2. The number of fused-ring (bicyclic) bond motifs is 2. The molecule has 1 heterocycles. The number of benzene rings is 4. The normalized spacial score (nSPS) is 12.4. The van der Waals surface area contributed by atoms with Gasteiger partial charge in [0.2, 0.25) is 0 Å². The molecule has 4 aromatic carbocycles. The molecule has 5 rings (SSSR count). The summed E-state index contributed by atoms with van der Waals surface area (Å²) < 4.78 is 9.38. The Morgan fingerprint density at radius 1 is 0.974 bits per heavy atom. The van der Waals surface area contributed by atoms with Gasteiger partial charge in [0.1, 0.15) is 5.75 Å². The first-order valence-corrected chi connectivity index (χ1v) is 14.9. The van der Waals surface area contributed by atoms with Crippen LogP contribution in [-0.2, 0) is 11.2 Å². The van der Waals surface area contributed by atoms with E-state index in [9.17, 15) is 9.90 Å². The summed E-state index contributed by atoms with van der Waals surface area (Å²) in [6.07, 6.45) is -0.716. The largest absolute Gasteiger partial charge is 0.478 e. The van der Waals surface area contributed by atoms with Crippen molar-refractivity contribution in [2.75, 3.05) is 0 Å². The first-order chi connectivity index (χ1) is 18.2. The SMILES string of the molecule is Cc1sc2c(Br)c3ccccc3c(-c3cc(Br)c(O[C@H](Cc4ccccc4)C(=O)O)c(C(C)C)c3)c2c1C. The highest BCUT2D eigenvalue weighted by Gasteiger charge is 2.26. The second-order valence-electron chi connectivity index (χ2n) is 9.89. The van der Waals surface area contributed by atoms with E-state index in [2.05, 4.69) is 96.0 Å². The van der Waals surface area contributed by atoms with Crippen molar-refractivity contribution in [2.24, 2.45) is 0 Å². The van der Waals surface area contributed by atoms with Gasteiger partial charge in [-0.2, -0.15) is 0 Å². The van der Waals surface area contributed by atoms with Crippen molar-refractivity contribution in [1.82, 2.24) is 0 Å². The number of ether oxygens (including phenoxy) is 1. The fourth-order valence-corrected chi connectivity index (χ4v) is 7.47. The molecule has 194 valence electrons. The number of thiophene rings is 1. The molecule has 0 aliphatic rings. The summed E-state index contributed by atoms with van der Waals surface area (Å²) in [5.41, 5.74) is 5.44. The monoisotopic (exact) mass is 650 g/mol.